The minimum Gasteiger partial charge on any atom is -0.464 e. The normalized spacial score (nSPS) is 13.1. The zero-order valence-electron chi connectivity index (χ0n) is 11.2. The van der Waals surface area contributed by atoms with Gasteiger partial charge in [-0.05, 0) is 6.07 Å². The first-order valence-electron chi connectivity index (χ1n) is 5.96. The van der Waals surface area contributed by atoms with Crippen molar-refractivity contribution in [1.82, 2.24) is 4.98 Å². The van der Waals surface area contributed by atoms with Crippen molar-refractivity contribution in [3.05, 3.63) is 22.3 Å². The van der Waals surface area contributed by atoms with Gasteiger partial charge in [0, 0.05) is 12.4 Å². The number of rotatable bonds is 1. The SMILES string of the molecule is COC(=O)c1cc2c3c(c(N)c(Cl)c(N)c3n1)N(C)C2=O. The lowest BCUT2D eigenvalue weighted by Crippen LogP contribution is -2.21. The Labute approximate surface area is 124 Å². The summed E-state index contributed by atoms with van der Waals surface area (Å²) in [4.78, 5) is 29.5. The molecule has 1 aliphatic rings. The van der Waals surface area contributed by atoms with E-state index in [1.54, 1.807) is 7.05 Å². The fourth-order valence-electron chi connectivity index (χ4n) is 2.48. The molecule has 0 saturated heterocycles. The Morgan fingerprint density at radius 3 is 2.67 bits per heavy atom. The molecule has 0 radical (unpaired) electrons. The Bertz CT molecular complexity index is 834. The van der Waals surface area contributed by atoms with Crippen LogP contribution >= 0.6 is 11.6 Å². The van der Waals surface area contributed by atoms with Gasteiger partial charge < -0.3 is 21.1 Å². The molecular weight excluding hydrogens is 296 g/mol. The summed E-state index contributed by atoms with van der Waals surface area (Å²) in [5.41, 5.74) is 13.2. The summed E-state index contributed by atoms with van der Waals surface area (Å²) >= 11 is 6.10. The molecule has 7 nitrogen and oxygen atoms in total. The van der Waals surface area contributed by atoms with Crippen molar-refractivity contribution < 1.29 is 14.3 Å². The van der Waals surface area contributed by atoms with E-state index in [-0.39, 0.29) is 33.5 Å². The monoisotopic (exact) mass is 306 g/mol. The van der Waals surface area contributed by atoms with E-state index in [0.717, 1.165) is 0 Å². The fraction of sp³-hybridized carbons (Fsp3) is 0.154. The maximum absolute atomic E-state index is 12.3. The molecule has 1 aliphatic heterocycles. The first kappa shape index (κ1) is 13.4. The van der Waals surface area contributed by atoms with Crippen LogP contribution < -0.4 is 16.4 Å². The maximum Gasteiger partial charge on any atom is 0.356 e. The number of hydrogen-bond acceptors (Lipinski definition) is 6. The highest BCUT2D eigenvalue weighted by atomic mass is 35.5. The lowest BCUT2D eigenvalue weighted by molar-refractivity contribution is 0.0594. The Kier molecular flexibility index (Phi) is 2.70. The molecule has 0 saturated carbocycles. The molecule has 0 unspecified atom stereocenters. The van der Waals surface area contributed by atoms with Crippen LogP contribution in [0.2, 0.25) is 5.02 Å². The highest BCUT2D eigenvalue weighted by Crippen LogP contribution is 2.47. The average Bonchev–Trinajstić information content (AvgIpc) is 2.74. The van der Waals surface area contributed by atoms with Crippen LogP contribution in [-0.2, 0) is 4.74 Å². The number of nitrogens with two attached hydrogens (primary N) is 2. The topological polar surface area (TPSA) is 112 Å². The van der Waals surface area contributed by atoms with Crippen LogP contribution in [0.3, 0.4) is 0 Å². The first-order valence-corrected chi connectivity index (χ1v) is 6.33. The van der Waals surface area contributed by atoms with Crippen molar-refractivity contribution in [3.63, 3.8) is 0 Å². The number of nitrogens with zero attached hydrogens (tertiary/aromatic N) is 2. The predicted molar refractivity (Wildman–Crippen MR) is 79.7 cm³/mol. The second kappa shape index (κ2) is 4.23. The summed E-state index contributed by atoms with van der Waals surface area (Å²) in [5, 5.41) is 0.606. The largest absolute Gasteiger partial charge is 0.464 e. The first-order chi connectivity index (χ1) is 9.88. The van der Waals surface area contributed by atoms with Gasteiger partial charge in [-0.25, -0.2) is 9.78 Å². The van der Waals surface area contributed by atoms with Crippen LogP contribution in [0.25, 0.3) is 10.9 Å². The second-order valence-corrected chi connectivity index (χ2v) is 5.00. The highest BCUT2D eigenvalue weighted by molar-refractivity contribution is 6.41. The van der Waals surface area contributed by atoms with Crippen LogP contribution in [0.1, 0.15) is 20.8 Å². The maximum atomic E-state index is 12.3. The number of methoxy groups -OCH3 is 1. The van der Waals surface area contributed by atoms with Gasteiger partial charge in [-0.2, -0.15) is 0 Å². The summed E-state index contributed by atoms with van der Waals surface area (Å²) < 4.78 is 4.63. The van der Waals surface area contributed by atoms with E-state index in [1.165, 1.54) is 18.1 Å². The van der Waals surface area contributed by atoms with Gasteiger partial charge in [-0.15, -0.1) is 0 Å². The zero-order chi connectivity index (χ0) is 15.5. The number of aromatic nitrogens is 1. The van der Waals surface area contributed by atoms with E-state index in [1.807, 2.05) is 0 Å². The second-order valence-electron chi connectivity index (χ2n) is 4.62. The number of carbonyl (C=O) groups excluding carboxylic acids is 2. The number of amides is 1. The third-order valence-electron chi connectivity index (χ3n) is 3.50. The standard InChI is InChI=1S/C13H11ClN4O3/c1-18-11-6-4(12(18)19)3-5(13(20)21-2)17-10(6)8(15)7(14)9(11)16/h3H,15-16H2,1-2H3. The van der Waals surface area contributed by atoms with Gasteiger partial charge in [0.05, 0.1) is 40.3 Å². The third-order valence-corrected chi connectivity index (χ3v) is 3.91. The number of carbonyl (C=O) groups is 2. The van der Waals surface area contributed by atoms with Crippen LogP contribution in [0.15, 0.2) is 6.07 Å². The number of benzene rings is 1. The molecular formula is C13H11ClN4O3. The lowest BCUT2D eigenvalue weighted by Gasteiger charge is -2.15. The van der Waals surface area contributed by atoms with Gasteiger partial charge in [0.15, 0.2) is 0 Å². The molecule has 1 amide bonds. The van der Waals surface area contributed by atoms with Gasteiger partial charge >= 0.3 is 5.97 Å². The van der Waals surface area contributed by atoms with E-state index in [2.05, 4.69) is 9.72 Å². The summed E-state index contributed by atoms with van der Waals surface area (Å²) in [6, 6.07) is 1.37. The van der Waals surface area contributed by atoms with E-state index in [4.69, 9.17) is 23.1 Å². The van der Waals surface area contributed by atoms with Crippen LogP contribution in [0.4, 0.5) is 17.1 Å². The molecule has 8 heteroatoms. The van der Waals surface area contributed by atoms with Crippen LogP contribution in [0.5, 0.6) is 0 Å². The molecule has 0 fully saturated rings. The predicted octanol–water partition coefficient (Wildman–Crippen LogP) is 1.43. The molecule has 1 aromatic heterocycles. The molecule has 0 aliphatic carbocycles. The Hall–Kier alpha value is -2.54. The van der Waals surface area contributed by atoms with E-state index < -0.39 is 5.97 Å². The number of anilines is 3. The average molecular weight is 307 g/mol. The Morgan fingerprint density at radius 2 is 2.05 bits per heavy atom. The quantitative estimate of drug-likeness (QED) is 0.609. The van der Waals surface area contributed by atoms with E-state index in [9.17, 15) is 9.59 Å². The van der Waals surface area contributed by atoms with Crippen molar-refractivity contribution in [2.75, 3.05) is 30.5 Å². The summed E-state index contributed by atoms with van der Waals surface area (Å²) in [6.07, 6.45) is 0. The van der Waals surface area contributed by atoms with E-state index in [0.29, 0.717) is 16.6 Å². The molecule has 4 N–H and O–H groups in total. The molecule has 3 rings (SSSR count). The number of nitrogen functional groups attached to an aromatic ring is 2. The molecule has 0 spiro atoms. The summed E-state index contributed by atoms with van der Waals surface area (Å²) in [7, 11) is 2.80. The number of esters is 1. The smallest absolute Gasteiger partial charge is 0.356 e. The minimum absolute atomic E-state index is 0.0119. The van der Waals surface area contributed by atoms with Gasteiger partial charge in [-0.1, -0.05) is 11.6 Å². The van der Waals surface area contributed by atoms with Crippen molar-refractivity contribution in [1.29, 1.82) is 0 Å². The van der Waals surface area contributed by atoms with Crippen molar-refractivity contribution in [2.45, 2.75) is 0 Å². The Balaban J connectivity index is 2.51. The van der Waals surface area contributed by atoms with Crippen LogP contribution in [-0.4, -0.2) is 31.0 Å². The van der Waals surface area contributed by atoms with Gasteiger partial charge in [0.2, 0.25) is 0 Å². The number of hydrogen-bond donors (Lipinski definition) is 2. The minimum atomic E-state index is -0.663. The highest BCUT2D eigenvalue weighted by Gasteiger charge is 2.33. The van der Waals surface area contributed by atoms with Crippen molar-refractivity contribution in [3.8, 4) is 0 Å². The summed E-state index contributed by atoms with van der Waals surface area (Å²) in [5.74, 6) is -0.972. The molecule has 21 heavy (non-hydrogen) atoms. The molecule has 108 valence electrons. The lowest BCUT2D eigenvalue weighted by atomic mass is 10.1. The molecule has 0 atom stereocenters. The fourth-order valence-corrected chi connectivity index (χ4v) is 2.65. The number of ether oxygens (including phenoxy) is 1. The van der Waals surface area contributed by atoms with Crippen LogP contribution in [0, 0.1) is 0 Å². The van der Waals surface area contributed by atoms with Crippen molar-refractivity contribution in [2.24, 2.45) is 0 Å². The number of pyridine rings is 1. The Morgan fingerprint density at radius 1 is 1.38 bits per heavy atom. The van der Waals surface area contributed by atoms with Gasteiger partial charge in [0.25, 0.3) is 5.91 Å². The van der Waals surface area contributed by atoms with E-state index >= 15 is 0 Å². The molecule has 2 heterocycles. The third kappa shape index (κ3) is 1.58. The number of halogens is 1. The zero-order valence-corrected chi connectivity index (χ0v) is 12.0. The van der Waals surface area contributed by atoms with Gasteiger partial charge in [0.1, 0.15) is 5.69 Å². The van der Waals surface area contributed by atoms with Gasteiger partial charge in [-0.3, -0.25) is 4.79 Å². The molecule has 1 aromatic carbocycles. The molecule has 0 bridgehead atoms. The summed E-state index contributed by atoms with van der Waals surface area (Å²) in [6.45, 7) is 0. The molecule has 2 aromatic rings. The van der Waals surface area contributed by atoms with Crippen molar-refractivity contribution >= 4 is 51.4 Å².